The number of hydrogen-bond donors (Lipinski definition) is 3. The van der Waals surface area contributed by atoms with Gasteiger partial charge in [0.25, 0.3) is 0 Å². The Morgan fingerprint density at radius 3 is 2.86 bits per heavy atom. The van der Waals surface area contributed by atoms with Gasteiger partial charge < -0.3 is 11.1 Å². The van der Waals surface area contributed by atoms with E-state index >= 15 is 0 Å². The molecule has 14 heavy (non-hydrogen) atoms. The van der Waals surface area contributed by atoms with Gasteiger partial charge in [0.2, 0.25) is 11.0 Å². The second-order valence-electron chi connectivity index (χ2n) is 3.09. The van der Waals surface area contributed by atoms with E-state index in [9.17, 15) is 4.79 Å². The molecule has 0 fully saturated rings. The maximum atomic E-state index is 11.2. The second kappa shape index (κ2) is 4.05. The lowest BCUT2D eigenvalue weighted by molar-refractivity contribution is -0.121. The van der Waals surface area contributed by atoms with E-state index in [1.165, 1.54) is 11.3 Å². The van der Waals surface area contributed by atoms with E-state index in [1.807, 2.05) is 6.92 Å². The molecule has 0 aromatic carbocycles. The topological polar surface area (TPSA) is 83.8 Å². The highest BCUT2D eigenvalue weighted by molar-refractivity contribution is 7.73. The second-order valence-corrected chi connectivity index (χ2v) is 4.76. The van der Waals surface area contributed by atoms with Gasteiger partial charge in [-0.25, -0.2) is 0 Å². The molecule has 0 aliphatic rings. The third-order valence-corrected chi connectivity index (χ3v) is 3.08. The normalized spacial score (nSPS) is 14.7. The van der Waals surface area contributed by atoms with Crippen LogP contribution >= 0.6 is 23.6 Å². The Morgan fingerprint density at radius 2 is 2.50 bits per heavy atom. The molecule has 0 bridgehead atoms. The van der Waals surface area contributed by atoms with Crippen LogP contribution in [0.3, 0.4) is 0 Å². The largest absolute Gasteiger partial charge is 0.368 e. The number of carbonyl (C=O) groups excluding carboxylic acids is 1. The van der Waals surface area contributed by atoms with Crippen molar-refractivity contribution < 1.29 is 4.79 Å². The number of H-pyrrole nitrogens is 1. The summed E-state index contributed by atoms with van der Waals surface area (Å²) in [5.74, 6) is -0.402. The lowest BCUT2D eigenvalue weighted by Crippen LogP contribution is -2.47. The van der Waals surface area contributed by atoms with Gasteiger partial charge in [-0.1, -0.05) is 18.3 Å². The number of nitrogens with zero attached hydrogens (tertiary/aromatic N) is 1. The molecule has 1 rings (SSSR count). The predicted molar refractivity (Wildman–Crippen MR) is 58.8 cm³/mol. The molecule has 0 spiro atoms. The summed E-state index contributed by atoms with van der Waals surface area (Å²) in [6.07, 6.45) is 0.592. The molecule has 1 aromatic heterocycles. The van der Waals surface area contributed by atoms with E-state index in [2.05, 4.69) is 15.5 Å². The minimum atomic E-state index is -0.770. The lowest BCUT2D eigenvalue weighted by atomic mass is 9.99. The van der Waals surface area contributed by atoms with Crippen molar-refractivity contribution in [2.75, 3.05) is 5.32 Å². The van der Waals surface area contributed by atoms with Crippen molar-refractivity contribution in [3.8, 4) is 0 Å². The average molecular weight is 232 g/mol. The summed E-state index contributed by atoms with van der Waals surface area (Å²) in [6.45, 7) is 3.61. The molecule has 0 radical (unpaired) electrons. The van der Waals surface area contributed by atoms with Gasteiger partial charge in [0, 0.05) is 0 Å². The number of rotatable bonds is 4. The molecule has 7 heteroatoms. The van der Waals surface area contributed by atoms with Gasteiger partial charge in [0.15, 0.2) is 3.95 Å². The average Bonchev–Trinajstić information content (AvgIpc) is 2.50. The lowest BCUT2D eigenvalue weighted by Gasteiger charge is -2.24. The molecule has 1 aromatic rings. The number of aromatic nitrogens is 2. The molecule has 0 aliphatic heterocycles. The molecule has 0 aliphatic carbocycles. The summed E-state index contributed by atoms with van der Waals surface area (Å²) in [5, 5.41) is 10.1. The quantitative estimate of drug-likeness (QED) is 0.682. The Kier molecular flexibility index (Phi) is 3.22. The van der Waals surface area contributed by atoms with Gasteiger partial charge >= 0.3 is 0 Å². The number of nitrogens with two attached hydrogens (primary N) is 1. The summed E-state index contributed by atoms with van der Waals surface area (Å²) >= 11 is 6.14. The first-order chi connectivity index (χ1) is 6.48. The Balaban J connectivity index is 2.85. The third kappa shape index (κ3) is 2.30. The molecule has 0 saturated heterocycles. The molecule has 0 saturated carbocycles. The van der Waals surface area contributed by atoms with Crippen molar-refractivity contribution in [1.82, 2.24) is 10.2 Å². The molecule has 1 atom stereocenters. The third-order valence-electron chi connectivity index (χ3n) is 2.07. The Bertz CT molecular complexity index is 385. The molecule has 1 unspecified atom stereocenters. The highest BCUT2D eigenvalue weighted by atomic mass is 32.1. The van der Waals surface area contributed by atoms with E-state index < -0.39 is 11.4 Å². The van der Waals surface area contributed by atoms with Crippen molar-refractivity contribution in [2.24, 2.45) is 5.73 Å². The molecular weight excluding hydrogens is 220 g/mol. The first-order valence-electron chi connectivity index (χ1n) is 4.11. The molecule has 78 valence electrons. The van der Waals surface area contributed by atoms with Crippen LogP contribution < -0.4 is 11.1 Å². The van der Waals surface area contributed by atoms with Gasteiger partial charge in [0.05, 0.1) is 0 Å². The fraction of sp³-hybridized carbons (Fsp3) is 0.571. The predicted octanol–water partition coefficient (Wildman–Crippen LogP) is 1.27. The fourth-order valence-corrected chi connectivity index (χ4v) is 1.76. The number of hydrogen-bond acceptors (Lipinski definition) is 5. The molecule has 4 N–H and O–H groups in total. The minimum absolute atomic E-state index is 0.402. The van der Waals surface area contributed by atoms with Crippen molar-refractivity contribution in [3.63, 3.8) is 0 Å². The van der Waals surface area contributed by atoms with Crippen LogP contribution in [-0.4, -0.2) is 21.6 Å². The maximum absolute atomic E-state index is 11.2. The van der Waals surface area contributed by atoms with E-state index in [1.54, 1.807) is 6.92 Å². The Morgan fingerprint density at radius 1 is 1.86 bits per heavy atom. The standard InChI is InChI=1S/C7H12N4OS2/c1-3-7(2,4(8)12)9-5-10-11-6(13)14-5/h3H2,1-2H3,(H2,8,12)(H,9,10)(H,11,13). The van der Waals surface area contributed by atoms with E-state index in [4.69, 9.17) is 18.0 Å². The van der Waals surface area contributed by atoms with Crippen LogP contribution in [0.5, 0.6) is 0 Å². The van der Waals surface area contributed by atoms with Crippen molar-refractivity contribution in [3.05, 3.63) is 3.95 Å². The van der Waals surface area contributed by atoms with Crippen LogP contribution in [0.25, 0.3) is 0 Å². The van der Waals surface area contributed by atoms with Crippen molar-refractivity contribution in [2.45, 2.75) is 25.8 Å². The van der Waals surface area contributed by atoms with Gasteiger partial charge in [0.1, 0.15) is 5.54 Å². The zero-order valence-corrected chi connectivity index (χ0v) is 9.59. The zero-order valence-electron chi connectivity index (χ0n) is 7.96. The molecule has 1 amide bonds. The first kappa shape index (κ1) is 11.1. The van der Waals surface area contributed by atoms with E-state index in [0.717, 1.165) is 0 Å². The van der Waals surface area contributed by atoms with Crippen LogP contribution in [0.4, 0.5) is 5.13 Å². The van der Waals surface area contributed by atoms with E-state index in [-0.39, 0.29) is 0 Å². The monoisotopic (exact) mass is 232 g/mol. The van der Waals surface area contributed by atoms with Gasteiger partial charge in [-0.2, -0.15) is 0 Å². The molecule has 1 heterocycles. The van der Waals surface area contributed by atoms with Gasteiger partial charge in [-0.3, -0.25) is 9.89 Å². The summed E-state index contributed by atoms with van der Waals surface area (Å²) in [5.41, 5.74) is 4.50. The maximum Gasteiger partial charge on any atom is 0.242 e. The van der Waals surface area contributed by atoms with Gasteiger partial charge in [-0.15, -0.1) is 5.10 Å². The smallest absolute Gasteiger partial charge is 0.242 e. The van der Waals surface area contributed by atoms with Crippen LogP contribution in [0, 0.1) is 3.95 Å². The number of nitrogens with one attached hydrogen (secondary N) is 2. The van der Waals surface area contributed by atoms with Crippen LogP contribution in [0.1, 0.15) is 20.3 Å². The number of carbonyl (C=O) groups is 1. The fourth-order valence-electron chi connectivity index (χ4n) is 0.844. The summed E-state index contributed by atoms with van der Waals surface area (Å²) in [6, 6.07) is 0. The summed E-state index contributed by atoms with van der Waals surface area (Å²) in [7, 11) is 0. The molecular formula is C7H12N4OS2. The van der Waals surface area contributed by atoms with Gasteiger partial charge in [-0.05, 0) is 25.6 Å². The highest BCUT2D eigenvalue weighted by Gasteiger charge is 2.29. The van der Waals surface area contributed by atoms with Crippen LogP contribution in [-0.2, 0) is 4.79 Å². The number of primary amides is 1. The van der Waals surface area contributed by atoms with Crippen LogP contribution in [0.15, 0.2) is 0 Å². The number of anilines is 1. The Labute approximate surface area is 90.7 Å². The zero-order chi connectivity index (χ0) is 10.8. The number of aromatic amines is 1. The van der Waals surface area contributed by atoms with Crippen molar-refractivity contribution in [1.29, 1.82) is 0 Å². The summed E-state index contributed by atoms with van der Waals surface area (Å²) < 4.78 is 0.565. The SMILES string of the molecule is CCC(C)(Nc1n[nH]c(=S)s1)C(N)=O. The number of amides is 1. The van der Waals surface area contributed by atoms with E-state index in [0.29, 0.717) is 15.5 Å². The highest BCUT2D eigenvalue weighted by Crippen LogP contribution is 2.19. The summed E-state index contributed by atoms with van der Waals surface area (Å²) in [4.78, 5) is 11.2. The minimum Gasteiger partial charge on any atom is -0.368 e. The first-order valence-corrected chi connectivity index (χ1v) is 5.34. The van der Waals surface area contributed by atoms with Crippen molar-refractivity contribution >= 4 is 34.6 Å². The Hall–Kier alpha value is -0.950. The van der Waals surface area contributed by atoms with Crippen LogP contribution in [0.2, 0.25) is 0 Å². The molecule has 5 nitrogen and oxygen atoms in total.